The summed E-state index contributed by atoms with van der Waals surface area (Å²) in [5.41, 5.74) is 0.293. The van der Waals surface area contributed by atoms with Crippen molar-refractivity contribution in [3.05, 3.63) is 106 Å². The molecule has 9 heteroatoms. The molecule has 1 aliphatic heterocycles. The number of rotatable bonds is 8. The molecule has 1 aliphatic carbocycles. The molecule has 1 saturated carbocycles. The third-order valence-electron chi connectivity index (χ3n) is 6.39. The summed E-state index contributed by atoms with van der Waals surface area (Å²) >= 11 is 0. The molecule has 2 heterocycles. The lowest BCUT2D eigenvalue weighted by atomic mass is 10.1. The number of pyridine rings is 1. The van der Waals surface area contributed by atoms with Crippen molar-refractivity contribution >= 4 is 5.91 Å². The van der Waals surface area contributed by atoms with Gasteiger partial charge in [-0.1, -0.05) is 42.5 Å². The second-order valence-corrected chi connectivity index (χ2v) is 8.91. The second kappa shape index (κ2) is 9.85. The Balaban J connectivity index is 1.41. The fourth-order valence-corrected chi connectivity index (χ4v) is 4.43. The Morgan fingerprint density at radius 2 is 1.83 bits per heavy atom. The molecule has 1 fully saturated rings. The van der Waals surface area contributed by atoms with E-state index in [2.05, 4.69) is 0 Å². The number of hydrogen-bond donors (Lipinski definition) is 1. The minimum Gasteiger partial charge on any atom is -0.502 e. The molecule has 36 heavy (non-hydrogen) atoms. The summed E-state index contributed by atoms with van der Waals surface area (Å²) < 4.78 is 34.2. The van der Waals surface area contributed by atoms with Crippen LogP contribution in [0.4, 0.5) is 8.78 Å². The fraction of sp³-hybridized carbons (Fsp3) is 0.259. The van der Waals surface area contributed by atoms with Gasteiger partial charge in [0.05, 0.1) is 12.6 Å². The van der Waals surface area contributed by atoms with Crippen molar-refractivity contribution < 1.29 is 23.4 Å². The first-order valence-electron chi connectivity index (χ1n) is 11.7. The summed E-state index contributed by atoms with van der Waals surface area (Å²) in [6.45, 7) is 0.664. The molecule has 1 unspecified atom stereocenters. The third kappa shape index (κ3) is 4.68. The maximum Gasteiger partial charge on any atom is 0.278 e. The Hall–Kier alpha value is -4.14. The van der Waals surface area contributed by atoms with E-state index in [1.807, 2.05) is 41.4 Å². The molecular weight excluding hydrogens is 468 g/mol. The van der Waals surface area contributed by atoms with Crippen LogP contribution in [-0.2, 0) is 6.54 Å². The Bertz CT molecular complexity index is 1350. The molecule has 3 aromatic rings. The first kappa shape index (κ1) is 23.6. The van der Waals surface area contributed by atoms with Crippen LogP contribution in [0.5, 0.6) is 11.5 Å². The molecule has 186 valence electrons. The van der Waals surface area contributed by atoms with E-state index in [-0.39, 0.29) is 36.7 Å². The summed E-state index contributed by atoms with van der Waals surface area (Å²) in [6.07, 6.45) is 6.84. The minimum atomic E-state index is -1.05. The monoisotopic (exact) mass is 493 g/mol. The van der Waals surface area contributed by atoms with E-state index in [4.69, 9.17) is 4.74 Å². The first-order chi connectivity index (χ1) is 17.4. The molecule has 7 nitrogen and oxygen atoms in total. The number of benzene rings is 2. The maximum absolute atomic E-state index is 13.9. The van der Waals surface area contributed by atoms with Crippen LogP contribution in [0, 0.1) is 17.6 Å². The predicted molar refractivity (Wildman–Crippen MR) is 129 cm³/mol. The van der Waals surface area contributed by atoms with Crippen LogP contribution in [0.3, 0.4) is 0 Å². The van der Waals surface area contributed by atoms with Gasteiger partial charge in [-0.3, -0.25) is 19.3 Å². The van der Waals surface area contributed by atoms with E-state index in [1.165, 1.54) is 29.1 Å². The van der Waals surface area contributed by atoms with Crippen molar-refractivity contribution in [3.8, 4) is 11.5 Å². The number of amides is 1. The lowest BCUT2D eigenvalue weighted by molar-refractivity contribution is 0.0616. The van der Waals surface area contributed by atoms with Gasteiger partial charge in [-0.2, -0.15) is 4.39 Å². The Morgan fingerprint density at radius 3 is 2.58 bits per heavy atom. The number of ether oxygens (including phenoxy) is 1. The molecule has 1 atom stereocenters. The number of hydrogen-bond acceptors (Lipinski definition) is 5. The van der Waals surface area contributed by atoms with Gasteiger partial charge in [-0.25, -0.2) is 4.39 Å². The highest BCUT2D eigenvalue weighted by Crippen LogP contribution is 2.38. The van der Waals surface area contributed by atoms with Gasteiger partial charge in [0.25, 0.3) is 5.91 Å². The molecule has 1 amide bonds. The number of aromatic hydroxyl groups is 1. The lowest BCUT2D eigenvalue weighted by Crippen LogP contribution is -2.56. The summed E-state index contributed by atoms with van der Waals surface area (Å²) in [4.78, 5) is 27.3. The molecule has 0 spiro atoms. The van der Waals surface area contributed by atoms with E-state index in [0.29, 0.717) is 6.54 Å². The second-order valence-electron chi connectivity index (χ2n) is 8.91. The predicted octanol–water partition coefficient (Wildman–Crippen LogP) is 3.80. The van der Waals surface area contributed by atoms with Gasteiger partial charge in [0.15, 0.2) is 23.0 Å². The van der Waals surface area contributed by atoms with E-state index in [0.717, 1.165) is 24.5 Å². The Morgan fingerprint density at radius 1 is 1.06 bits per heavy atom. The number of aromatic nitrogens is 1. The lowest BCUT2D eigenvalue weighted by Gasteiger charge is -2.42. The molecule has 0 radical (unpaired) electrons. The molecule has 2 aromatic carbocycles. The standard InChI is InChI=1S/C27H25F2N3O4/c28-20-8-4-10-23(24(20)29)36-15-5-9-21(19-11-12-19)31-17-30(16-18-6-2-1-3-7-18)32-14-13-22(33)26(34)25(32)27(31)35/h1-10,13-14,19,21,34H,11-12,15-17H2/b9-5+. The van der Waals surface area contributed by atoms with Crippen molar-refractivity contribution in [3.63, 3.8) is 0 Å². The average molecular weight is 494 g/mol. The van der Waals surface area contributed by atoms with Crippen LogP contribution in [0.1, 0.15) is 28.9 Å². The molecule has 1 N–H and O–H groups in total. The number of nitrogens with zero attached hydrogens (tertiary/aromatic N) is 3. The van der Waals surface area contributed by atoms with Crippen LogP contribution in [-0.4, -0.2) is 39.9 Å². The van der Waals surface area contributed by atoms with Crippen LogP contribution in [0.25, 0.3) is 0 Å². The van der Waals surface area contributed by atoms with Gasteiger partial charge in [0, 0.05) is 12.3 Å². The van der Waals surface area contributed by atoms with Gasteiger partial charge in [0.1, 0.15) is 13.3 Å². The van der Waals surface area contributed by atoms with Crippen LogP contribution < -0.4 is 15.2 Å². The quantitative estimate of drug-likeness (QED) is 0.484. The third-order valence-corrected chi connectivity index (χ3v) is 6.39. The van der Waals surface area contributed by atoms with E-state index < -0.39 is 28.7 Å². The number of carbonyl (C=O) groups is 1. The molecule has 0 saturated heterocycles. The van der Waals surface area contributed by atoms with E-state index >= 15 is 0 Å². The number of fused-ring (bicyclic) bond motifs is 1. The highest BCUT2D eigenvalue weighted by atomic mass is 19.2. The number of halogens is 2. The van der Waals surface area contributed by atoms with Crippen molar-refractivity contribution in [1.29, 1.82) is 0 Å². The zero-order chi connectivity index (χ0) is 25.2. The van der Waals surface area contributed by atoms with Crippen molar-refractivity contribution in [2.24, 2.45) is 5.92 Å². The topological polar surface area (TPSA) is 75.0 Å². The zero-order valence-corrected chi connectivity index (χ0v) is 19.4. The van der Waals surface area contributed by atoms with Crippen molar-refractivity contribution in [2.45, 2.75) is 25.4 Å². The van der Waals surface area contributed by atoms with Gasteiger partial charge < -0.3 is 14.7 Å². The normalized spacial score (nSPS) is 16.3. The SMILES string of the molecule is O=C1c2c(O)c(=O)ccn2N(Cc2ccccc2)CN1C(/C=C/COc1cccc(F)c1F)C1CC1. The number of carbonyl (C=O) groups excluding carboxylic acids is 1. The first-order valence-corrected chi connectivity index (χ1v) is 11.7. The van der Waals surface area contributed by atoms with Crippen molar-refractivity contribution in [2.75, 3.05) is 18.3 Å². The largest absolute Gasteiger partial charge is 0.502 e. The summed E-state index contributed by atoms with van der Waals surface area (Å²) in [7, 11) is 0. The van der Waals surface area contributed by atoms with Crippen LogP contribution in [0.2, 0.25) is 0 Å². The van der Waals surface area contributed by atoms with Crippen LogP contribution >= 0.6 is 0 Å². The fourth-order valence-electron chi connectivity index (χ4n) is 4.43. The molecular formula is C27H25F2N3O4. The van der Waals surface area contributed by atoms with Crippen molar-refractivity contribution in [1.82, 2.24) is 9.58 Å². The molecule has 2 aliphatic rings. The Labute approximate surface area is 206 Å². The van der Waals surface area contributed by atoms with Gasteiger partial charge in [-0.15, -0.1) is 0 Å². The smallest absolute Gasteiger partial charge is 0.278 e. The highest BCUT2D eigenvalue weighted by molar-refractivity contribution is 5.96. The maximum atomic E-state index is 13.9. The highest BCUT2D eigenvalue weighted by Gasteiger charge is 2.41. The van der Waals surface area contributed by atoms with E-state index in [1.54, 1.807) is 11.0 Å². The summed E-state index contributed by atoms with van der Waals surface area (Å²) in [6, 6.07) is 14.3. The summed E-state index contributed by atoms with van der Waals surface area (Å²) in [5.74, 6) is -3.06. The van der Waals surface area contributed by atoms with Gasteiger partial charge in [-0.05, 0) is 42.5 Å². The van der Waals surface area contributed by atoms with E-state index in [9.17, 15) is 23.5 Å². The zero-order valence-electron chi connectivity index (χ0n) is 19.4. The Kier molecular flexibility index (Phi) is 6.45. The average Bonchev–Trinajstić information content (AvgIpc) is 3.71. The van der Waals surface area contributed by atoms with Gasteiger partial charge in [0.2, 0.25) is 11.2 Å². The van der Waals surface area contributed by atoms with Gasteiger partial charge >= 0.3 is 0 Å². The minimum absolute atomic E-state index is 0.0132. The molecule has 5 rings (SSSR count). The molecule has 1 aromatic heterocycles. The molecule has 0 bridgehead atoms. The summed E-state index contributed by atoms with van der Waals surface area (Å²) in [5, 5.41) is 12.4. The van der Waals surface area contributed by atoms with Crippen LogP contribution in [0.15, 0.2) is 77.7 Å².